The first-order valence-electron chi connectivity index (χ1n) is 7.45. The summed E-state index contributed by atoms with van der Waals surface area (Å²) in [5.41, 5.74) is 1.50. The molecule has 0 heterocycles. The highest BCUT2D eigenvalue weighted by molar-refractivity contribution is 7.96. The molecule has 0 bridgehead atoms. The van der Waals surface area contributed by atoms with Crippen molar-refractivity contribution in [1.29, 1.82) is 0 Å². The van der Waals surface area contributed by atoms with Crippen LogP contribution >= 0.6 is 11.9 Å². The Kier molecular flexibility index (Phi) is 9.09. The summed E-state index contributed by atoms with van der Waals surface area (Å²) in [7, 11) is 5.37. The molecule has 0 saturated carbocycles. The van der Waals surface area contributed by atoms with Crippen LogP contribution in [0.15, 0.2) is 30.3 Å². The molecular weight excluding hydrogens is 312 g/mol. The van der Waals surface area contributed by atoms with Crippen LogP contribution in [0.1, 0.15) is 28.8 Å². The van der Waals surface area contributed by atoms with Crippen molar-refractivity contribution in [3.63, 3.8) is 0 Å². The highest BCUT2D eigenvalue weighted by Crippen LogP contribution is 2.10. The van der Waals surface area contributed by atoms with Crippen molar-refractivity contribution in [3.8, 4) is 0 Å². The van der Waals surface area contributed by atoms with Gasteiger partial charge in [-0.25, -0.2) is 0 Å². The molecule has 0 unspecified atom stereocenters. The number of ether oxygens (including phenoxy) is 1. The third-order valence-electron chi connectivity index (χ3n) is 2.94. The largest absolute Gasteiger partial charge is 0.468 e. The van der Waals surface area contributed by atoms with Gasteiger partial charge >= 0.3 is 5.97 Å². The van der Waals surface area contributed by atoms with Crippen molar-refractivity contribution in [2.75, 3.05) is 33.5 Å². The Hall–Kier alpha value is -1.79. The number of carbonyl (C=O) groups excluding carboxylic acids is 2. The zero-order valence-electron chi connectivity index (χ0n) is 13.9. The van der Waals surface area contributed by atoms with Gasteiger partial charge in [-0.05, 0) is 44.6 Å². The Balaban J connectivity index is 2.46. The van der Waals surface area contributed by atoms with Crippen molar-refractivity contribution >= 4 is 29.9 Å². The zero-order valence-corrected chi connectivity index (χ0v) is 14.7. The van der Waals surface area contributed by atoms with Crippen molar-refractivity contribution in [1.82, 2.24) is 9.62 Å². The van der Waals surface area contributed by atoms with Crippen LogP contribution in [-0.2, 0) is 9.53 Å². The zero-order chi connectivity index (χ0) is 17.1. The minimum Gasteiger partial charge on any atom is -0.468 e. The number of nitrogens with zero attached hydrogens (tertiary/aromatic N) is 1. The first kappa shape index (κ1) is 19.3. The van der Waals surface area contributed by atoms with Crippen molar-refractivity contribution in [2.24, 2.45) is 0 Å². The lowest BCUT2D eigenvalue weighted by atomic mass is 10.1. The van der Waals surface area contributed by atoms with E-state index in [1.54, 1.807) is 24.1 Å². The molecule has 0 saturated heterocycles. The summed E-state index contributed by atoms with van der Waals surface area (Å²) in [5.74, 6) is 0.339. The summed E-state index contributed by atoms with van der Waals surface area (Å²) in [4.78, 5) is 23.0. The molecule has 0 atom stereocenters. The second-order valence-electron chi connectivity index (χ2n) is 5.07. The highest BCUT2D eigenvalue weighted by atomic mass is 32.2. The predicted octanol–water partition coefficient (Wildman–Crippen LogP) is 2.59. The normalized spacial score (nSPS) is 11.0. The summed E-state index contributed by atoms with van der Waals surface area (Å²) in [5, 5.41) is 2.53. The molecule has 5 nitrogen and oxygen atoms in total. The van der Waals surface area contributed by atoms with Crippen molar-refractivity contribution in [2.45, 2.75) is 12.8 Å². The van der Waals surface area contributed by atoms with Gasteiger partial charge in [0, 0.05) is 11.3 Å². The van der Waals surface area contributed by atoms with Gasteiger partial charge in [-0.1, -0.05) is 36.2 Å². The van der Waals surface area contributed by atoms with Gasteiger partial charge in [0.1, 0.15) is 6.54 Å². The lowest BCUT2D eigenvalue weighted by Gasteiger charge is -2.06. The molecule has 0 aliphatic carbocycles. The van der Waals surface area contributed by atoms with E-state index in [0.717, 1.165) is 24.2 Å². The quantitative estimate of drug-likeness (QED) is 0.427. The highest BCUT2D eigenvalue weighted by Gasteiger charge is 2.07. The Morgan fingerprint density at radius 2 is 2.13 bits per heavy atom. The van der Waals surface area contributed by atoms with Crippen LogP contribution in [0.25, 0.3) is 6.08 Å². The van der Waals surface area contributed by atoms with E-state index in [2.05, 4.69) is 20.4 Å². The molecule has 1 N–H and O–H groups in total. The first-order valence-corrected chi connectivity index (χ1v) is 8.39. The number of rotatable bonds is 9. The Labute approximate surface area is 142 Å². The van der Waals surface area contributed by atoms with Crippen LogP contribution in [0, 0.1) is 0 Å². The van der Waals surface area contributed by atoms with Gasteiger partial charge in [-0.3, -0.25) is 13.9 Å². The van der Waals surface area contributed by atoms with Crippen molar-refractivity contribution in [3.05, 3.63) is 41.5 Å². The topological polar surface area (TPSA) is 58.6 Å². The van der Waals surface area contributed by atoms with E-state index in [9.17, 15) is 9.59 Å². The van der Waals surface area contributed by atoms with E-state index in [4.69, 9.17) is 0 Å². The van der Waals surface area contributed by atoms with E-state index < -0.39 is 5.97 Å². The number of hydrogen-bond acceptors (Lipinski definition) is 5. The number of carbonyl (C=O) groups is 2. The molecule has 1 rings (SSSR count). The predicted molar refractivity (Wildman–Crippen MR) is 95.2 cm³/mol. The molecule has 0 aliphatic rings. The van der Waals surface area contributed by atoms with Crippen LogP contribution in [0.5, 0.6) is 0 Å². The molecule has 0 fully saturated rings. The number of nitrogens with one attached hydrogen (secondary N) is 1. The molecule has 1 amide bonds. The number of methoxy groups -OCH3 is 1. The minimum absolute atomic E-state index is 0.126. The first-order chi connectivity index (χ1) is 11.0. The van der Waals surface area contributed by atoms with Gasteiger partial charge in [0.2, 0.25) is 0 Å². The molecule has 6 heteroatoms. The molecule has 23 heavy (non-hydrogen) atoms. The Morgan fingerprint density at radius 1 is 1.35 bits per heavy atom. The second-order valence-corrected chi connectivity index (χ2v) is 6.47. The molecule has 0 spiro atoms. The smallest absolute Gasteiger partial charge is 0.325 e. The fourth-order valence-corrected chi connectivity index (χ4v) is 2.44. The maximum Gasteiger partial charge on any atom is 0.325 e. The van der Waals surface area contributed by atoms with E-state index in [1.807, 2.05) is 32.3 Å². The van der Waals surface area contributed by atoms with Crippen molar-refractivity contribution < 1.29 is 14.3 Å². The molecule has 0 aromatic heterocycles. The maximum absolute atomic E-state index is 11.9. The SMILES string of the molecule is COC(=O)CNC(=O)c1cccc(/C=C\CCCSN(C)C)c1. The second kappa shape index (κ2) is 10.9. The summed E-state index contributed by atoms with van der Waals surface area (Å²) in [6.07, 6.45) is 6.23. The average Bonchev–Trinajstić information content (AvgIpc) is 2.55. The molecule has 1 aromatic rings. The average molecular weight is 336 g/mol. The van der Waals surface area contributed by atoms with Gasteiger partial charge in [-0.2, -0.15) is 0 Å². The van der Waals surface area contributed by atoms with Gasteiger partial charge in [0.25, 0.3) is 5.91 Å². The standard InChI is InChI=1S/C17H24N2O3S/c1-19(2)23-11-6-4-5-8-14-9-7-10-15(12-14)17(21)18-13-16(20)22-3/h5,7-10,12H,4,6,11,13H2,1-3H3,(H,18,21)/b8-5-. The maximum atomic E-state index is 11.9. The molecular formula is C17H24N2O3S. The molecule has 0 aliphatic heterocycles. The number of allylic oxidation sites excluding steroid dienone is 1. The number of benzene rings is 1. The lowest BCUT2D eigenvalue weighted by Crippen LogP contribution is -2.30. The monoisotopic (exact) mass is 336 g/mol. The van der Waals surface area contributed by atoms with Gasteiger partial charge in [0.05, 0.1) is 7.11 Å². The summed E-state index contributed by atoms with van der Waals surface area (Å²) in [6, 6.07) is 7.30. The third-order valence-corrected chi connectivity index (χ3v) is 3.93. The Morgan fingerprint density at radius 3 is 2.83 bits per heavy atom. The number of hydrogen-bond donors (Lipinski definition) is 1. The van der Waals surface area contributed by atoms with Gasteiger partial charge in [-0.15, -0.1) is 0 Å². The van der Waals surface area contributed by atoms with E-state index in [-0.39, 0.29) is 12.5 Å². The number of amides is 1. The van der Waals surface area contributed by atoms with E-state index >= 15 is 0 Å². The van der Waals surface area contributed by atoms with E-state index in [1.165, 1.54) is 7.11 Å². The van der Waals surface area contributed by atoms with Gasteiger partial charge in [0.15, 0.2) is 0 Å². The fraction of sp³-hybridized carbons (Fsp3) is 0.412. The van der Waals surface area contributed by atoms with Gasteiger partial charge < -0.3 is 10.1 Å². The van der Waals surface area contributed by atoms with Crippen LogP contribution in [-0.4, -0.2) is 49.7 Å². The molecule has 0 radical (unpaired) electrons. The van der Waals surface area contributed by atoms with Crippen LogP contribution in [0.3, 0.4) is 0 Å². The van der Waals surface area contributed by atoms with Crippen LogP contribution < -0.4 is 5.32 Å². The molecule has 126 valence electrons. The van der Waals surface area contributed by atoms with Crippen LogP contribution in [0.4, 0.5) is 0 Å². The number of unbranched alkanes of at least 4 members (excludes halogenated alkanes) is 1. The Bertz CT molecular complexity index is 544. The van der Waals surface area contributed by atoms with Crippen LogP contribution in [0.2, 0.25) is 0 Å². The fourth-order valence-electron chi connectivity index (χ4n) is 1.78. The minimum atomic E-state index is -0.468. The summed E-state index contributed by atoms with van der Waals surface area (Å²) in [6.45, 7) is -0.126. The lowest BCUT2D eigenvalue weighted by molar-refractivity contribution is -0.139. The summed E-state index contributed by atoms with van der Waals surface area (Å²) < 4.78 is 6.59. The van der Waals surface area contributed by atoms with E-state index in [0.29, 0.717) is 5.56 Å². The summed E-state index contributed by atoms with van der Waals surface area (Å²) >= 11 is 1.80. The molecule has 1 aromatic carbocycles. The third kappa shape index (κ3) is 8.42. The number of esters is 1.